The van der Waals surface area contributed by atoms with Crippen molar-refractivity contribution in [2.45, 2.75) is 45.4 Å². The first-order valence-corrected chi connectivity index (χ1v) is 23.9. The number of para-hydroxylation sites is 2. The second-order valence-corrected chi connectivity index (χ2v) is 19.7. The molecule has 6 heteroatoms. The zero-order valence-corrected chi connectivity index (χ0v) is 43.7. The molecule has 360 valence electrons. The van der Waals surface area contributed by atoms with E-state index in [0.29, 0.717) is 28.2 Å². The molecule has 0 radical (unpaired) electrons. The molecular formula is C68H53N4OPt+. The first-order chi connectivity index (χ1) is 39.2. The quantitative estimate of drug-likeness (QED) is 0.112. The van der Waals surface area contributed by atoms with Crippen molar-refractivity contribution in [1.82, 2.24) is 14.1 Å². The molecule has 0 fully saturated rings. The van der Waals surface area contributed by atoms with Gasteiger partial charge in [0.1, 0.15) is 5.82 Å². The van der Waals surface area contributed by atoms with Crippen LogP contribution in [0.1, 0.15) is 65.0 Å². The zero-order chi connectivity index (χ0) is 57.4. The Bertz CT molecular complexity index is 4550. The van der Waals surface area contributed by atoms with Crippen LogP contribution in [-0.2, 0) is 31.9 Å². The molecule has 0 bridgehead atoms. The van der Waals surface area contributed by atoms with Crippen LogP contribution in [0.3, 0.4) is 0 Å². The third-order valence-electron chi connectivity index (χ3n) is 14.0. The Kier molecular flexibility index (Phi) is 9.52. The van der Waals surface area contributed by atoms with E-state index < -0.39 is 65.8 Å². The van der Waals surface area contributed by atoms with Crippen LogP contribution in [0.2, 0.25) is 0 Å². The molecule has 0 atom stereocenters. The number of rotatable bonds is 8. The SMILES string of the molecule is [2H]c1c([2H])c([2H])c(-c2cccc(-c3c([2H])c([2H])c([2H])c([2H])c3[2H])c2-[n+]2[c-]n(-c3[c-]c(Oc4[c-]c5c(cc4)c4cccc(-c6ccccc6)c4n5-c4cc(C(C)(C)C)ccn4)ccc3)c3cc4c(cc32)C(C)(C)c2ccccc2-4)c([2H])c1[2H].[CH3-].[Pt+4]. The average molecular weight is 1150 g/mol. The standard InChI is InChI=1S/C67H50N4O.CH3.Pt/c1-66(2,3)47-36-37-68-63(38-47)71-60-40-50(34-35-55(60)56-32-19-31-53(65(56)71)46-24-13-8-14-25-46)72-49-27-17-26-48(39-49)69-43-70(62-42-59-57(41-61(62)69)54-28-15-16-33-58(54)67(59,4)5)64-51(44-20-9-6-10-21-44)29-18-30-52(64)45-22-11-7-12-23-45;;/h6-38,41-42H,1-5H3;1H3;/q-2;-1;+4/i6D,7D,9D,10D,11D,12D,20D,21D,22D,23D;;. The molecule has 0 N–H and O–H groups in total. The van der Waals surface area contributed by atoms with Crippen molar-refractivity contribution >= 4 is 32.8 Å². The fourth-order valence-corrected chi connectivity index (χ4v) is 10.5. The van der Waals surface area contributed by atoms with Crippen molar-refractivity contribution in [1.29, 1.82) is 0 Å². The van der Waals surface area contributed by atoms with Gasteiger partial charge in [-0.25, -0.2) is 4.98 Å². The summed E-state index contributed by atoms with van der Waals surface area (Å²) in [6.07, 6.45) is 5.42. The maximum absolute atomic E-state index is 9.26. The molecule has 9 aromatic carbocycles. The largest absolute Gasteiger partial charge is 4.00 e. The van der Waals surface area contributed by atoms with Gasteiger partial charge in [0.25, 0.3) is 6.33 Å². The maximum atomic E-state index is 9.26. The van der Waals surface area contributed by atoms with Crippen LogP contribution in [0, 0.1) is 25.9 Å². The molecule has 74 heavy (non-hydrogen) atoms. The molecule has 0 aliphatic heterocycles. The predicted molar refractivity (Wildman–Crippen MR) is 299 cm³/mol. The van der Waals surface area contributed by atoms with E-state index in [1.54, 1.807) is 28.8 Å². The summed E-state index contributed by atoms with van der Waals surface area (Å²) in [5.74, 6) is 1.51. The Morgan fingerprint density at radius 3 is 1.97 bits per heavy atom. The molecule has 13 rings (SSSR count). The van der Waals surface area contributed by atoms with Gasteiger partial charge in [-0.2, -0.15) is 18.2 Å². The van der Waals surface area contributed by atoms with Crippen LogP contribution < -0.4 is 9.30 Å². The van der Waals surface area contributed by atoms with Crippen LogP contribution in [0.4, 0.5) is 0 Å². The van der Waals surface area contributed by atoms with Crippen molar-refractivity contribution in [3.8, 4) is 73.2 Å². The van der Waals surface area contributed by atoms with E-state index in [2.05, 4.69) is 124 Å². The van der Waals surface area contributed by atoms with Crippen LogP contribution in [0.15, 0.2) is 212 Å². The second kappa shape index (κ2) is 18.7. The molecule has 12 aromatic rings. The van der Waals surface area contributed by atoms with Gasteiger partial charge in [-0.1, -0.05) is 192 Å². The number of hydrogen-bond acceptors (Lipinski definition) is 2. The van der Waals surface area contributed by atoms with Crippen molar-refractivity contribution in [2.75, 3.05) is 0 Å². The van der Waals surface area contributed by atoms with Crippen molar-refractivity contribution < 1.29 is 44.1 Å². The number of ether oxygens (including phenoxy) is 1. The summed E-state index contributed by atoms with van der Waals surface area (Å²) in [7, 11) is 0. The molecule has 1 aliphatic rings. The minimum atomic E-state index is -0.576. The number of fused-ring (bicyclic) bond motifs is 7. The summed E-state index contributed by atoms with van der Waals surface area (Å²) in [6.45, 7) is 10.8. The third kappa shape index (κ3) is 7.98. The number of hydrogen-bond donors (Lipinski definition) is 0. The fraction of sp³-hybridized carbons (Fsp3) is 0.103. The second-order valence-electron chi connectivity index (χ2n) is 19.7. The van der Waals surface area contributed by atoms with E-state index >= 15 is 0 Å². The minimum Gasteiger partial charge on any atom is -0.510 e. The molecular weight excluding hydrogens is 1080 g/mol. The normalized spacial score (nSPS) is 14.4. The number of nitrogens with zero attached hydrogens (tertiary/aromatic N) is 4. The number of pyridine rings is 1. The fourth-order valence-electron chi connectivity index (χ4n) is 10.5. The summed E-state index contributed by atoms with van der Waals surface area (Å²) in [6, 6.07) is 49.3. The van der Waals surface area contributed by atoms with Gasteiger partial charge >= 0.3 is 21.1 Å². The molecule has 3 aromatic heterocycles. The molecule has 0 saturated heterocycles. The molecule has 0 unspecified atom stereocenters. The Morgan fingerprint density at radius 1 is 0.595 bits per heavy atom. The number of benzene rings is 9. The minimum absolute atomic E-state index is 0. The first kappa shape index (κ1) is 37.6. The van der Waals surface area contributed by atoms with E-state index in [4.69, 9.17) is 17.9 Å². The molecule has 0 saturated carbocycles. The van der Waals surface area contributed by atoms with Gasteiger partial charge in [-0.05, 0) is 96.4 Å². The van der Waals surface area contributed by atoms with Crippen molar-refractivity contribution in [2.24, 2.45) is 0 Å². The summed E-state index contributed by atoms with van der Waals surface area (Å²) in [5.41, 5.74) is 10.3. The van der Waals surface area contributed by atoms with Gasteiger partial charge in [-0.3, -0.25) is 4.57 Å². The van der Waals surface area contributed by atoms with Gasteiger partial charge in [0.05, 0.1) is 30.4 Å². The van der Waals surface area contributed by atoms with Gasteiger partial charge in [0, 0.05) is 34.2 Å². The Labute approximate surface area is 462 Å². The maximum Gasteiger partial charge on any atom is 4.00 e. The monoisotopic (exact) mass is 1150 g/mol. The van der Waals surface area contributed by atoms with Gasteiger partial charge in [0.2, 0.25) is 0 Å². The first-order valence-electron chi connectivity index (χ1n) is 28.9. The van der Waals surface area contributed by atoms with Gasteiger partial charge in [-0.15, -0.1) is 29.7 Å². The summed E-state index contributed by atoms with van der Waals surface area (Å²) < 4.78 is 102. The summed E-state index contributed by atoms with van der Waals surface area (Å²) in [4.78, 5) is 4.97. The Hall–Kier alpha value is -8.11. The smallest absolute Gasteiger partial charge is 0.510 e. The molecule has 0 amide bonds. The Balaban J connectivity index is 0.00000368. The molecule has 5 nitrogen and oxygen atoms in total. The molecule has 3 heterocycles. The summed E-state index contributed by atoms with van der Waals surface area (Å²) >= 11 is 0. The van der Waals surface area contributed by atoms with E-state index in [1.165, 1.54) is 0 Å². The average Bonchev–Trinajstić information content (AvgIpc) is 1.58. The number of aromatic nitrogens is 4. The van der Waals surface area contributed by atoms with Crippen LogP contribution in [0.5, 0.6) is 11.5 Å². The Morgan fingerprint density at radius 2 is 1.24 bits per heavy atom. The molecule has 1 aliphatic carbocycles. The van der Waals surface area contributed by atoms with Crippen molar-refractivity contribution in [3.63, 3.8) is 0 Å². The zero-order valence-electron chi connectivity index (χ0n) is 51.4. The third-order valence-corrected chi connectivity index (χ3v) is 14.0. The van der Waals surface area contributed by atoms with Crippen LogP contribution in [-0.4, -0.2) is 14.1 Å². The summed E-state index contributed by atoms with van der Waals surface area (Å²) in [5, 5.41) is 1.99. The van der Waals surface area contributed by atoms with Crippen LogP contribution in [0.25, 0.3) is 94.5 Å². The predicted octanol–water partition coefficient (Wildman–Crippen LogP) is 16.6. The van der Waals surface area contributed by atoms with E-state index in [0.717, 1.165) is 66.6 Å². The molecule has 0 spiro atoms. The van der Waals surface area contributed by atoms with E-state index in [9.17, 15) is 5.48 Å². The van der Waals surface area contributed by atoms with Gasteiger partial charge in [0.15, 0.2) is 0 Å². The number of imidazole rings is 1. The van der Waals surface area contributed by atoms with Crippen LogP contribution >= 0.6 is 0 Å². The van der Waals surface area contributed by atoms with E-state index in [-0.39, 0.29) is 61.8 Å². The topological polar surface area (TPSA) is 35.9 Å². The van der Waals surface area contributed by atoms with Gasteiger partial charge < -0.3 is 21.3 Å². The van der Waals surface area contributed by atoms with E-state index in [1.807, 2.05) is 65.4 Å². The van der Waals surface area contributed by atoms with Crippen molar-refractivity contribution in [3.05, 3.63) is 255 Å².